The van der Waals surface area contributed by atoms with Crippen LogP contribution in [-0.2, 0) is 0 Å². The first-order valence-corrected chi connectivity index (χ1v) is 5.53. The van der Waals surface area contributed by atoms with Gasteiger partial charge in [0.05, 0.1) is 11.5 Å². The van der Waals surface area contributed by atoms with Gasteiger partial charge in [-0.25, -0.2) is 0 Å². The summed E-state index contributed by atoms with van der Waals surface area (Å²) in [4.78, 5) is 2.33. The minimum Gasteiger partial charge on any atom is -0.326 e. The molecular weight excluding hydrogens is 174 g/mol. The van der Waals surface area contributed by atoms with Crippen LogP contribution in [0.15, 0.2) is 0 Å². The van der Waals surface area contributed by atoms with Crippen molar-refractivity contribution in [3.05, 3.63) is 0 Å². The van der Waals surface area contributed by atoms with E-state index >= 15 is 0 Å². The fourth-order valence-corrected chi connectivity index (χ4v) is 2.60. The van der Waals surface area contributed by atoms with Crippen LogP contribution in [0.25, 0.3) is 0 Å². The molecule has 0 aromatic carbocycles. The van der Waals surface area contributed by atoms with Gasteiger partial charge in [-0.05, 0) is 45.2 Å². The monoisotopic (exact) mass is 193 g/mol. The molecule has 2 aliphatic rings. The van der Waals surface area contributed by atoms with Gasteiger partial charge < -0.3 is 10.6 Å². The summed E-state index contributed by atoms with van der Waals surface area (Å²) in [5.74, 6) is 0.538. The summed E-state index contributed by atoms with van der Waals surface area (Å²) in [5, 5.41) is 9.08. The average Bonchev–Trinajstić information content (AvgIpc) is 2.97. The lowest BCUT2D eigenvalue weighted by Gasteiger charge is -2.35. The Balaban J connectivity index is 1.98. The van der Waals surface area contributed by atoms with E-state index in [9.17, 15) is 0 Å². The number of piperidine rings is 1. The first-order valence-electron chi connectivity index (χ1n) is 5.53. The lowest BCUT2D eigenvalue weighted by Crippen LogP contribution is -2.46. The van der Waals surface area contributed by atoms with E-state index in [-0.39, 0.29) is 11.5 Å². The number of nitrogens with two attached hydrogens (primary N) is 1. The van der Waals surface area contributed by atoms with Crippen LogP contribution in [0.1, 0.15) is 25.7 Å². The molecule has 2 unspecified atom stereocenters. The Labute approximate surface area is 85.9 Å². The van der Waals surface area contributed by atoms with Crippen molar-refractivity contribution in [2.24, 2.45) is 17.1 Å². The summed E-state index contributed by atoms with van der Waals surface area (Å²) in [6.07, 6.45) is 4.47. The molecule has 2 fully saturated rings. The molecule has 0 aromatic rings. The smallest absolute Gasteiger partial charge is 0.0728 e. The van der Waals surface area contributed by atoms with E-state index < -0.39 is 0 Å². The molecule has 2 atom stereocenters. The number of likely N-dealkylation sites (tertiary alicyclic amines) is 1. The second-order valence-electron chi connectivity index (χ2n) is 4.96. The van der Waals surface area contributed by atoms with Crippen molar-refractivity contribution in [1.82, 2.24) is 4.90 Å². The lowest BCUT2D eigenvalue weighted by molar-refractivity contribution is 0.169. The van der Waals surface area contributed by atoms with E-state index in [1.54, 1.807) is 0 Å². The van der Waals surface area contributed by atoms with Crippen molar-refractivity contribution in [2.75, 3.05) is 20.1 Å². The molecule has 0 radical (unpaired) electrons. The second kappa shape index (κ2) is 3.52. The maximum absolute atomic E-state index is 9.08. The molecule has 1 saturated heterocycles. The quantitative estimate of drug-likeness (QED) is 0.710. The second-order valence-corrected chi connectivity index (χ2v) is 4.96. The Bertz CT molecular complexity index is 252. The molecule has 78 valence electrons. The molecule has 3 nitrogen and oxygen atoms in total. The van der Waals surface area contributed by atoms with Gasteiger partial charge in [-0.2, -0.15) is 5.26 Å². The van der Waals surface area contributed by atoms with Crippen LogP contribution in [-0.4, -0.2) is 31.1 Å². The predicted octanol–water partition coefficient (Wildman–Crippen LogP) is 0.959. The topological polar surface area (TPSA) is 53.0 Å². The first-order chi connectivity index (χ1) is 6.68. The van der Waals surface area contributed by atoms with Crippen LogP contribution in [0.3, 0.4) is 0 Å². The van der Waals surface area contributed by atoms with E-state index in [1.165, 1.54) is 19.4 Å². The van der Waals surface area contributed by atoms with E-state index in [0.717, 1.165) is 19.4 Å². The van der Waals surface area contributed by atoms with Crippen LogP contribution in [0, 0.1) is 22.7 Å². The number of hydrogen-bond acceptors (Lipinski definition) is 3. The highest BCUT2D eigenvalue weighted by molar-refractivity contribution is 5.16. The minimum atomic E-state index is -0.150. The molecular formula is C11H19N3. The Morgan fingerprint density at radius 2 is 2.29 bits per heavy atom. The normalized spacial score (nSPS) is 33.4. The minimum absolute atomic E-state index is 0.107. The van der Waals surface area contributed by atoms with Gasteiger partial charge in [0.2, 0.25) is 0 Å². The molecule has 2 rings (SSSR count). The van der Waals surface area contributed by atoms with Gasteiger partial charge in [0.1, 0.15) is 0 Å². The number of nitrogens with zero attached hydrogens (tertiary/aromatic N) is 2. The molecule has 1 saturated carbocycles. The zero-order chi connectivity index (χ0) is 10.2. The summed E-state index contributed by atoms with van der Waals surface area (Å²) < 4.78 is 0. The average molecular weight is 193 g/mol. The fourth-order valence-electron chi connectivity index (χ4n) is 2.60. The van der Waals surface area contributed by atoms with Crippen molar-refractivity contribution in [3.8, 4) is 6.07 Å². The zero-order valence-electron chi connectivity index (χ0n) is 8.87. The fraction of sp³-hybridized carbons (Fsp3) is 0.909. The summed E-state index contributed by atoms with van der Waals surface area (Å²) in [6, 6.07) is 2.53. The SMILES string of the molecule is CN1CCCC(C(N)C2(C#N)CC2)C1. The van der Waals surface area contributed by atoms with Crippen LogP contribution in [0.5, 0.6) is 0 Å². The maximum atomic E-state index is 9.08. The van der Waals surface area contributed by atoms with Crippen molar-refractivity contribution < 1.29 is 0 Å². The van der Waals surface area contributed by atoms with Crippen LogP contribution >= 0.6 is 0 Å². The summed E-state index contributed by atoms with van der Waals surface area (Å²) >= 11 is 0. The van der Waals surface area contributed by atoms with Crippen LogP contribution in [0.4, 0.5) is 0 Å². The zero-order valence-corrected chi connectivity index (χ0v) is 8.87. The van der Waals surface area contributed by atoms with E-state index in [4.69, 9.17) is 11.0 Å². The van der Waals surface area contributed by atoms with Crippen molar-refractivity contribution in [3.63, 3.8) is 0 Å². The largest absolute Gasteiger partial charge is 0.326 e. The number of rotatable bonds is 2. The van der Waals surface area contributed by atoms with Crippen LogP contribution in [0.2, 0.25) is 0 Å². The molecule has 0 spiro atoms. The lowest BCUT2D eigenvalue weighted by atomic mass is 9.82. The van der Waals surface area contributed by atoms with Gasteiger partial charge in [-0.15, -0.1) is 0 Å². The molecule has 1 heterocycles. The summed E-state index contributed by atoms with van der Waals surface area (Å²) in [6.45, 7) is 2.26. The molecule has 1 aliphatic carbocycles. The standard InChI is InChI=1S/C11H19N3/c1-14-6-2-3-9(7-14)10(13)11(8-12)4-5-11/h9-10H,2-7,13H2,1H3. The van der Waals surface area contributed by atoms with Gasteiger partial charge in [-0.3, -0.25) is 0 Å². The third-order valence-electron chi connectivity index (χ3n) is 3.82. The Morgan fingerprint density at radius 1 is 1.57 bits per heavy atom. The van der Waals surface area contributed by atoms with E-state index in [0.29, 0.717) is 5.92 Å². The van der Waals surface area contributed by atoms with Crippen LogP contribution < -0.4 is 5.73 Å². The highest BCUT2D eigenvalue weighted by Gasteiger charge is 2.51. The molecule has 14 heavy (non-hydrogen) atoms. The molecule has 0 aromatic heterocycles. The van der Waals surface area contributed by atoms with Gasteiger partial charge in [0, 0.05) is 12.6 Å². The highest BCUT2D eigenvalue weighted by Crippen LogP contribution is 2.50. The molecule has 1 aliphatic heterocycles. The van der Waals surface area contributed by atoms with E-state index in [2.05, 4.69) is 18.0 Å². The number of hydrogen-bond donors (Lipinski definition) is 1. The Hall–Kier alpha value is -0.590. The number of nitriles is 1. The molecule has 0 bridgehead atoms. The predicted molar refractivity (Wildman–Crippen MR) is 55.5 cm³/mol. The summed E-state index contributed by atoms with van der Waals surface area (Å²) in [7, 11) is 2.14. The van der Waals surface area contributed by atoms with E-state index in [1.807, 2.05) is 0 Å². The van der Waals surface area contributed by atoms with Gasteiger partial charge >= 0.3 is 0 Å². The van der Waals surface area contributed by atoms with Crippen molar-refractivity contribution in [2.45, 2.75) is 31.7 Å². The summed E-state index contributed by atoms with van der Waals surface area (Å²) in [5.41, 5.74) is 6.06. The van der Waals surface area contributed by atoms with Gasteiger partial charge in [-0.1, -0.05) is 0 Å². The van der Waals surface area contributed by atoms with Crippen molar-refractivity contribution >= 4 is 0 Å². The molecule has 2 N–H and O–H groups in total. The third-order valence-corrected chi connectivity index (χ3v) is 3.82. The highest BCUT2D eigenvalue weighted by atomic mass is 15.1. The molecule has 3 heteroatoms. The first kappa shape index (κ1) is 9.95. The Kier molecular flexibility index (Phi) is 2.50. The maximum Gasteiger partial charge on any atom is 0.0728 e. The van der Waals surface area contributed by atoms with Crippen molar-refractivity contribution in [1.29, 1.82) is 5.26 Å². The van der Waals surface area contributed by atoms with Gasteiger partial charge in [0.15, 0.2) is 0 Å². The molecule has 0 amide bonds. The Morgan fingerprint density at radius 3 is 2.79 bits per heavy atom. The van der Waals surface area contributed by atoms with Gasteiger partial charge in [0.25, 0.3) is 0 Å². The third kappa shape index (κ3) is 1.65.